The minimum Gasteiger partial charge on any atom is -0.481 e. The first-order valence-corrected chi connectivity index (χ1v) is 9.85. The Morgan fingerprint density at radius 1 is 0.967 bits per heavy atom. The molecule has 158 valence electrons. The van der Waals surface area contributed by atoms with Crippen molar-refractivity contribution in [2.45, 2.75) is 37.9 Å². The molecule has 1 aliphatic rings. The number of aliphatic hydroxyl groups is 2. The molecule has 0 amide bonds. The van der Waals surface area contributed by atoms with Gasteiger partial charge in [-0.15, -0.1) is 0 Å². The summed E-state index contributed by atoms with van der Waals surface area (Å²) >= 11 is 0. The Morgan fingerprint density at radius 2 is 1.47 bits per heavy atom. The summed E-state index contributed by atoms with van der Waals surface area (Å²) in [5.41, 5.74) is 3.30. The van der Waals surface area contributed by atoms with E-state index in [2.05, 4.69) is 0 Å². The van der Waals surface area contributed by atoms with E-state index in [0.717, 1.165) is 35.1 Å². The van der Waals surface area contributed by atoms with Crippen molar-refractivity contribution in [1.82, 2.24) is 0 Å². The molecule has 0 aromatic heterocycles. The van der Waals surface area contributed by atoms with Gasteiger partial charge in [-0.05, 0) is 65.3 Å². The lowest BCUT2D eigenvalue weighted by Gasteiger charge is -2.15. The lowest BCUT2D eigenvalue weighted by atomic mass is 9.90. The van der Waals surface area contributed by atoms with Crippen molar-refractivity contribution >= 4 is 11.5 Å². The molecule has 0 heterocycles. The van der Waals surface area contributed by atoms with Gasteiger partial charge in [-0.25, -0.2) is 8.78 Å². The van der Waals surface area contributed by atoms with Crippen molar-refractivity contribution < 1.29 is 28.9 Å². The molecule has 1 fully saturated rings. The molecule has 0 radical (unpaired) electrons. The molecule has 0 bridgehead atoms. The van der Waals surface area contributed by atoms with E-state index in [4.69, 9.17) is 5.11 Å². The SMILES string of the molecule is O=C(O)CC(O)CC(O)/C=C/C(=C(c1ccc(F)cc1)c1ccc(F)cc1)C1CC1. The fourth-order valence-electron chi connectivity index (χ4n) is 3.41. The van der Waals surface area contributed by atoms with Gasteiger partial charge in [-0.1, -0.05) is 36.4 Å². The van der Waals surface area contributed by atoms with Gasteiger partial charge in [0.15, 0.2) is 0 Å². The molecule has 0 aliphatic heterocycles. The summed E-state index contributed by atoms with van der Waals surface area (Å²) < 4.78 is 26.9. The molecular weight excluding hydrogens is 390 g/mol. The first-order chi connectivity index (χ1) is 14.3. The van der Waals surface area contributed by atoms with Crippen LogP contribution in [0, 0.1) is 17.6 Å². The van der Waals surface area contributed by atoms with Gasteiger partial charge in [0.2, 0.25) is 0 Å². The Hall–Kier alpha value is -2.83. The average Bonchev–Trinajstić information content (AvgIpc) is 3.51. The standard InChI is InChI=1S/C24H24F2O4/c25-18-7-3-16(4-8-18)24(17-5-9-19(26)10-6-17)22(15-1-2-15)12-11-20(27)13-21(28)14-23(29)30/h3-12,15,20-21,27-28H,1-2,13-14H2,(H,29,30)/b12-11+. The summed E-state index contributed by atoms with van der Waals surface area (Å²) in [6.45, 7) is 0. The number of carboxylic acid groups (broad SMARTS) is 1. The minimum absolute atomic E-state index is 0.0941. The van der Waals surface area contributed by atoms with Crippen molar-refractivity contribution in [2.24, 2.45) is 5.92 Å². The Kier molecular flexibility index (Phi) is 7.13. The number of hydrogen-bond acceptors (Lipinski definition) is 3. The van der Waals surface area contributed by atoms with Crippen LogP contribution in [0.25, 0.3) is 5.57 Å². The van der Waals surface area contributed by atoms with Crippen LogP contribution in [-0.2, 0) is 4.79 Å². The predicted octanol–water partition coefficient (Wildman–Crippen LogP) is 4.32. The van der Waals surface area contributed by atoms with Crippen LogP contribution in [0.4, 0.5) is 8.78 Å². The highest BCUT2D eigenvalue weighted by molar-refractivity contribution is 5.84. The summed E-state index contributed by atoms with van der Waals surface area (Å²) in [5, 5.41) is 28.7. The molecule has 2 aromatic rings. The van der Waals surface area contributed by atoms with Crippen LogP contribution in [0.5, 0.6) is 0 Å². The first-order valence-electron chi connectivity index (χ1n) is 9.85. The molecule has 3 rings (SSSR count). The third-order valence-electron chi connectivity index (χ3n) is 4.99. The second kappa shape index (κ2) is 9.78. The van der Waals surface area contributed by atoms with Gasteiger partial charge >= 0.3 is 5.97 Å². The summed E-state index contributed by atoms with van der Waals surface area (Å²) in [5.74, 6) is -1.60. The van der Waals surface area contributed by atoms with Gasteiger partial charge in [0.25, 0.3) is 0 Å². The molecular formula is C24H24F2O4. The smallest absolute Gasteiger partial charge is 0.305 e. The third kappa shape index (κ3) is 6.08. The van der Waals surface area contributed by atoms with Crippen molar-refractivity contribution in [1.29, 1.82) is 0 Å². The minimum atomic E-state index is -1.15. The number of halogens is 2. The predicted molar refractivity (Wildman–Crippen MR) is 110 cm³/mol. The zero-order valence-electron chi connectivity index (χ0n) is 16.3. The van der Waals surface area contributed by atoms with Gasteiger partial charge in [-0.3, -0.25) is 4.79 Å². The fourth-order valence-corrected chi connectivity index (χ4v) is 3.41. The Bertz CT molecular complexity index is 881. The van der Waals surface area contributed by atoms with Crippen molar-refractivity contribution in [2.75, 3.05) is 0 Å². The molecule has 4 nitrogen and oxygen atoms in total. The quantitative estimate of drug-likeness (QED) is 0.534. The number of rotatable bonds is 9. The lowest BCUT2D eigenvalue weighted by Crippen LogP contribution is -2.19. The maximum absolute atomic E-state index is 13.5. The first kappa shape index (κ1) is 21.9. The van der Waals surface area contributed by atoms with E-state index in [0.29, 0.717) is 0 Å². The van der Waals surface area contributed by atoms with Crippen molar-refractivity contribution in [3.05, 3.63) is 89.0 Å². The van der Waals surface area contributed by atoms with Gasteiger partial charge < -0.3 is 15.3 Å². The summed E-state index contributed by atoms with van der Waals surface area (Å²) in [6.07, 6.45) is 2.53. The van der Waals surface area contributed by atoms with Crippen LogP contribution in [0.1, 0.15) is 36.8 Å². The van der Waals surface area contributed by atoms with Crippen LogP contribution in [-0.4, -0.2) is 33.5 Å². The molecule has 30 heavy (non-hydrogen) atoms. The van der Waals surface area contributed by atoms with E-state index in [-0.39, 0.29) is 24.0 Å². The highest BCUT2D eigenvalue weighted by atomic mass is 19.1. The molecule has 2 atom stereocenters. The van der Waals surface area contributed by atoms with Crippen LogP contribution >= 0.6 is 0 Å². The maximum atomic E-state index is 13.5. The third-order valence-corrected chi connectivity index (χ3v) is 4.99. The van der Waals surface area contributed by atoms with Crippen molar-refractivity contribution in [3.8, 4) is 0 Å². The van der Waals surface area contributed by atoms with E-state index in [1.807, 2.05) is 0 Å². The van der Waals surface area contributed by atoms with Gasteiger partial charge in [-0.2, -0.15) is 0 Å². The topological polar surface area (TPSA) is 77.8 Å². The molecule has 2 aromatic carbocycles. The van der Waals surface area contributed by atoms with E-state index in [9.17, 15) is 23.8 Å². The Balaban J connectivity index is 1.97. The zero-order valence-corrected chi connectivity index (χ0v) is 16.3. The number of benzene rings is 2. The number of hydrogen-bond donors (Lipinski definition) is 3. The second-order valence-corrected chi connectivity index (χ2v) is 7.53. The van der Waals surface area contributed by atoms with Crippen LogP contribution in [0.15, 0.2) is 66.3 Å². The summed E-state index contributed by atoms with van der Waals surface area (Å²) in [7, 11) is 0. The molecule has 0 saturated heterocycles. The summed E-state index contributed by atoms with van der Waals surface area (Å²) in [6, 6.07) is 12.1. The largest absolute Gasteiger partial charge is 0.481 e. The fraction of sp³-hybridized carbons (Fsp3) is 0.292. The molecule has 2 unspecified atom stereocenters. The Morgan fingerprint density at radius 3 is 1.90 bits per heavy atom. The van der Waals surface area contributed by atoms with E-state index < -0.39 is 24.6 Å². The van der Waals surface area contributed by atoms with Crippen LogP contribution in [0.2, 0.25) is 0 Å². The van der Waals surface area contributed by atoms with Crippen LogP contribution < -0.4 is 0 Å². The molecule has 1 aliphatic carbocycles. The maximum Gasteiger partial charge on any atom is 0.305 e. The van der Waals surface area contributed by atoms with Gasteiger partial charge in [0.1, 0.15) is 11.6 Å². The summed E-state index contributed by atoms with van der Waals surface area (Å²) in [4.78, 5) is 10.7. The average molecular weight is 414 g/mol. The lowest BCUT2D eigenvalue weighted by molar-refractivity contribution is -0.139. The van der Waals surface area contributed by atoms with Gasteiger partial charge in [0.05, 0.1) is 18.6 Å². The zero-order chi connectivity index (χ0) is 21.7. The molecule has 3 N–H and O–H groups in total. The normalized spacial score (nSPS) is 15.7. The van der Waals surface area contributed by atoms with Crippen LogP contribution in [0.3, 0.4) is 0 Å². The number of carbonyl (C=O) groups is 1. The second-order valence-electron chi connectivity index (χ2n) is 7.53. The Labute approximate surface area is 173 Å². The number of aliphatic carboxylic acids is 1. The number of allylic oxidation sites excluding steroid dienone is 2. The van der Waals surface area contributed by atoms with E-state index in [1.54, 1.807) is 30.3 Å². The van der Waals surface area contributed by atoms with E-state index >= 15 is 0 Å². The monoisotopic (exact) mass is 414 g/mol. The highest BCUT2D eigenvalue weighted by Crippen LogP contribution is 2.43. The number of carboxylic acids is 1. The molecule has 0 spiro atoms. The number of aliphatic hydroxyl groups excluding tert-OH is 2. The van der Waals surface area contributed by atoms with Crippen molar-refractivity contribution in [3.63, 3.8) is 0 Å². The van der Waals surface area contributed by atoms with E-state index in [1.165, 1.54) is 30.3 Å². The highest BCUT2D eigenvalue weighted by Gasteiger charge is 2.28. The molecule has 1 saturated carbocycles. The van der Waals surface area contributed by atoms with Gasteiger partial charge in [0, 0.05) is 6.42 Å². The molecule has 6 heteroatoms.